The number of ether oxygens (including phenoxy) is 1. The van der Waals surface area contributed by atoms with Crippen molar-refractivity contribution in [3.05, 3.63) is 59.7 Å². The van der Waals surface area contributed by atoms with Gasteiger partial charge >= 0.3 is 6.09 Å². The summed E-state index contributed by atoms with van der Waals surface area (Å²) in [6.45, 7) is 12.0. The van der Waals surface area contributed by atoms with Gasteiger partial charge in [-0.15, -0.1) is 5.01 Å². The molecule has 1 aliphatic rings. The number of nitrogens with zero attached hydrogens (tertiary/aromatic N) is 1. The largest absolute Gasteiger partial charge is 0.542 e. The first-order valence-corrected chi connectivity index (χ1v) is 12.0. The molecule has 1 aliphatic heterocycles. The highest BCUT2D eigenvalue weighted by atomic mass is 28.3. The Hall–Kier alpha value is -2.80. The standard InChI is InChI=1S/C22H27N2O4Si/c1-21(2,3)15-12-13-17(18(14-15)28-29(5)6)22(4)19(25)24(20(26)27-22)23-16-10-8-7-9-11-16/h7-14,23H,1-6H3. The lowest BCUT2D eigenvalue weighted by Gasteiger charge is -2.27. The number of para-hydroxylation sites is 1. The molecule has 1 heterocycles. The second-order valence-corrected chi connectivity index (χ2v) is 10.5. The van der Waals surface area contributed by atoms with E-state index < -0.39 is 26.6 Å². The van der Waals surface area contributed by atoms with Crippen LogP contribution < -0.4 is 9.85 Å². The summed E-state index contributed by atoms with van der Waals surface area (Å²) < 4.78 is 11.7. The molecule has 1 radical (unpaired) electrons. The van der Waals surface area contributed by atoms with Crippen LogP contribution in [-0.2, 0) is 20.5 Å². The zero-order valence-corrected chi connectivity index (χ0v) is 18.7. The monoisotopic (exact) mass is 411 g/mol. The van der Waals surface area contributed by atoms with Crippen LogP contribution in [0.5, 0.6) is 5.75 Å². The number of hydrogen-bond acceptors (Lipinski definition) is 5. The number of cyclic esters (lactones) is 1. The second kappa shape index (κ2) is 7.55. The maximum absolute atomic E-state index is 13.2. The van der Waals surface area contributed by atoms with E-state index >= 15 is 0 Å². The van der Waals surface area contributed by atoms with E-state index in [1.807, 2.05) is 49.5 Å². The maximum atomic E-state index is 13.2. The third-order valence-electron chi connectivity index (χ3n) is 4.78. The maximum Gasteiger partial charge on any atom is 0.437 e. The highest BCUT2D eigenvalue weighted by molar-refractivity contribution is 6.49. The number of carbonyl (C=O) groups is 2. The van der Waals surface area contributed by atoms with Crippen LogP contribution in [0.3, 0.4) is 0 Å². The fourth-order valence-electron chi connectivity index (χ4n) is 3.16. The Morgan fingerprint density at radius 3 is 2.31 bits per heavy atom. The first-order chi connectivity index (χ1) is 13.5. The molecule has 0 spiro atoms. The van der Waals surface area contributed by atoms with Gasteiger partial charge in [0.25, 0.3) is 14.9 Å². The van der Waals surface area contributed by atoms with Crippen LogP contribution in [-0.4, -0.2) is 26.0 Å². The first kappa shape index (κ1) is 20.9. The highest BCUT2D eigenvalue weighted by Gasteiger charge is 2.54. The molecule has 29 heavy (non-hydrogen) atoms. The van der Waals surface area contributed by atoms with E-state index in [0.717, 1.165) is 10.6 Å². The molecule has 0 aliphatic carbocycles. The Labute approximate surface area is 173 Å². The lowest BCUT2D eigenvalue weighted by Crippen LogP contribution is -2.40. The van der Waals surface area contributed by atoms with E-state index in [-0.39, 0.29) is 5.41 Å². The zero-order chi connectivity index (χ0) is 21.4. The van der Waals surface area contributed by atoms with Gasteiger partial charge in [0.1, 0.15) is 5.75 Å². The van der Waals surface area contributed by atoms with Crippen molar-refractivity contribution < 1.29 is 18.8 Å². The van der Waals surface area contributed by atoms with Crippen molar-refractivity contribution in [2.24, 2.45) is 0 Å². The van der Waals surface area contributed by atoms with Gasteiger partial charge < -0.3 is 9.16 Å². The molecule has 0 aromatic heterocycles. The smallest absolute Gasteiger partial charge is 0.437 e. The number of hydrazine groups is 1. The molecule has 1 saturated heterocycles. The molecule has 0 bridgehead atoms. The number of hydrogen-bond donors (Lipinski definition) is 1. The van der Waals surface area contributed by atoms with Gasteiger partial charge in [-0.3, -0.25) is 10.2 Å². The molecular formula is C22H27N2O4Si. The molecule has 6 nitrogen and oxygen atoms in total. The van der Waals surface area contributed by atoms with Crippen LogP contribution in [0.15, 0.2) is 48.5 Å². The number of amides is 2. The van der Waals surface area contributed by atoms with E-state index in [2.05, 4.69) is 26.2 Å². The van der Waals surface area contributed by atoms with Crippen LogP contribution in [0, 0.1) is 0 Å². The van der Waals surface area contributed by atoms with Crippen molar-refractivity contribution in [3.63, 3.8) is 0 Å². The van der Waals surface area contributed by atoms with Crippen molar-refractivity contribution in [3.8, 4) is 5.75 Å². The summed E-state index contributed by atoms with van der Waals surface area (Å²) in [6.07, 6.45) is -0.745. The molecule has 2 aromatic rings. The quantitative estimate of drug-likeness (QED) is 0.714. The molecule has 1 fully saturated rings. The van der Waals surface area contributed by atoms with Crippen molar-refractivity contribution >= 4 is 26.7 Å². The van der Waals surface area contributed by atoms with Crippen LogP contribution in [0.4, 0.5) is 10.5 Å². The molecule has 2 aromatic carbocycles. The van der Waals surface area contributed by atoms with Gasteiger partial charge in [-0.2, -0.15) is 0 Å². The van der Waals surface area contributed by atoms with Gasteiger partial charge in [0.05, 0.1) is 5.69 Å². The second-order valence-electron chi connectivity index (χ2n) is 8.49. The van der Waals surface area contributed by atoms with E-state index in [9.17, 15) is 9.59 Å². The van der Waals surface area contributed by atoms with Gasteiger partial charge in [-0.25, -0.2) is 4.79 Å². The minimum absolute atomic E-state index is 0.0802. The number of imide groups is 1. The van der Waals surface area contributed by atoms with Crippen LogP contribution in [0.2, 0.25) is 13.1 Å². The predicted molar refractivity (Wildman–Crippen MR) is 114 cm³/mol. The Kier molecular flexibility index (Phi) is 5.45. The number of benzene rings is 2. The summed E-state index contributed by atoms with van der Waals surface area (Å²) in [7, 11) is -1.10. The average Bonchev–Trinajstić information content (AvgIpc) is 2.85. The number of carbonyl (C=O) groups excluding carboxylic acids is 2. The number of nitrogens with one attached hydrogen (secondary N) is 1. The molecule has 1 unspecified atom stereocenters. The Morgan fingerprint density at radius 2 is 1.72 bits per heavy atom. The van der Waals surface area contributed by atoms with Gasteiger partial charge in [0.2, 0.25) is 5.60 Å². The molecule has 1 atom stereocenters. The molecular weight excluding hydrogens is 384 g/mol. The third-order valence-corrected chi connectivity index (χ3v) is 5.40. The average molecular weight is 412 g/mol. The number of anilines is 1. The lowest BCUT2D eigenvalue weighted by atomic mass is 9.84. The SMILES string of the molecule is C[Si](C)Oc1cc(C(C)(C)C)ccc1C1(C)OC(=O)N(Nc2ccccc2)C1=O. The third kappa shape index (κ3) is 4.14. The summed E-state index contributed by atoms with van der Waals surface area (Å²) >= 11 is 0. The van der Waals surface area contributed by atoms with E-state index in [4.69, 9.17) is 9.16 Å². The van der Waals surface area contributed by atoms with Crippen molar-refractivity contribution in [1.82, 2.24) is 5.01 Å². The van der Waals surface area contributed by atoms with Crippen LogP contribution in [0.25, 0.3) is 0 Å². The summed E-state index contributed by atoms with van der Waals surface area (Å²) in [5.41, 5.74) is 3.54. The normalized spacial score (nSPS) is 19.5. The molecule has 1 N–H and O–H groups in total. The minimum atomic E-state index is -1.47. The fraction of sp³-hybridized carbons (Fsp3) is 0.364. The predicted octanol–water partition coefficient (Wildman–Crippen LogP) is 4.84. The van der Waals surface area contributed by atoms with Crippen molar-refractivity contribution in [2.75, 3.05) is 5.43 Å². The summed E-state index contributed by atoms with van der Waals surface area (Å²) in [5, 5.41) is 0.917. The summed E-state index contributed by atoms with van der Waals surface area (Å²) in [5.74, 6) is 0.0993. The van der Waals surface area contributed by atoms with E-state index in [1.165, 1.54) is 0 Å². The van der Waals surface area contributed by atoms with Crippen molar-refractivity contribution in [1.29, 1.82) is 0 Å². The van der Waals surface area contributed by atoms with E-state index in [1.54, 1.807) is 19.1 Å². The van der Waals surface area contributed by atoms with Crippen LogP contribution in [0.1, 0.15) is 38.8 Å². The molecule has 0 saturated carbocycles. The summed E-state index contributed by atoms with van der Waals surface area (Å²) in [6, 6.07) is 14.8. The highest BCUT2D eigenvalue weighted by Crippen LogP contribution is 2.41. The minimum Gasteiger partial charge on any atom is -0.542 e. The molecule has 3 rings (SSSR count). The molecule has 7 heteroatoms. The van der Waals surface area contributed by atoms with Gasteiger partial charge in [0, 0.05) is 5.56 Å². The van der Waals surface area contributed by atoms with Crippen LogP contribution >= 0.6 is 0 Å². The lowest BCUT2D eigenvalue weighted by molar-refractivity contribution is -0.135. The fourth-order valence-corrected chi connectivity index (χ4v) is 3.76. The summed E-state index contributed by atoms with van der Waals surface area (Å²) in [4.78, 5) is 25.8. The first-order valence-electron chi connectivity index (χ1n) is 9.54. The Morgan fingerprint density at radius 1 is 1.07 bits per heavy atom. The van der Waals surface area contributed by atoms with Gasteiger partial charge in [0.15, 0.2) is 0 Å². The molecule has 153 valence electrons. The topological polar surface area (TPSA) is 67.9 Å². The zero-order valence-electron chi connectivity index (χ0n) is 17.7. The molecule has 2 amide bonds. The van der Waals surface area contributed by atoms with E-state index in [0.29, 0.717) is 17.0 Å². The van der Waals surface area contributed by atoms with Crippen molar-refractivity contribution in [2.45, 2.75) is 51.8 Å². The van der Waals surface area contributed by atoms with Gasteiger partial charge in [-0.1, -0.05) is 51.1 Å². The van der Waals surface area contributed by atoms with Gasteiger partial charge in [-0.05, 0) is 49.2 Å². The number of rotatable bonds is 5. The Bertz CT molecular complexity index is 924. The Balaban J connectivity index is 2.00.